The molecule has 0 aliphatic rings. The van der Waals surface area contributed by atoms with Crippen molar-refractivity contribution in [3.63, 3.8) is 0 Å². The molecular weight excluding hydrogens is 180 g/mol. The minimum atomic E-state index is -0.583. The van der Waals surface area contributed by atoms with Crippen LogP contribution in [0, 0.1) is 0 Å². The summed E-state index contributed by atoms with van der Waals surface area (Å²) in [6, 6.07) is 3.66. The number of hydrogen-bond donors (Lipinski definition) is 0. The molecule has 0 radical (unpaired) electrons. The van der Waals surface area contributed by atoms with Crippen LogP contribution >= 0.6 is 0 Å². The van der Waals surface area contributed by atoms with Crippen LogP contribution in [0.25, 0.3) is 11.1 Å². The molecule has 0 amide bonds. The molecule has 0 spiro atoms. The highest BCUT2D eigenvalue weighted by molar-refractivity contribution is 5.75. The quantitative estimate of drug-likeness (QED) is 0.686. The number of pyridine rings is 1. The molecule has 0 bridgehead atoms. The minimum absolute atomic E-state index is 0.186. The van der Waals surface area contributed by atoms with Gasteiger partial charge < -0.3 is 4.42 Å². The van der Waals surface area contributed by atoms with Crippen molar-refractivity contribution in [2.75, 3.05) is 0 Å². The maximum absolute atomic E-state index is 11.1. The second-order valence-electron chi connectivity index (χ2n) is 3.38. The van der Waals surface area contributed by atoms with E-state index in [1.165, 1.54) is 0 Å². The maximum Gasteiger partial charge on any atom is 0.440 e. The zero-order valence-corrected chi connectivity index (χ0v) is 8.02. The van der Waals surface area contributed by atoms with Gasteiger partial charge in [0.1, 0.15) is 0 Å². The second kappa shape index (κ2) is 3.21. The van der Waals surface area contributed by atoms with Gasteiger partial charge in [-0.05, 0) is 18.1 Å². The number of nitrogens with zero attached hydrogens (tertiary/aromatic N) is 2. The molecular formula is C10H10N2O2. The minimum Gasteiger partial charge on any atom is -0.389 e. The molecule has 4 heteroatoms. The van der Waals surface area contributed by atoms with Crippen molar-refractivity contribution in [1.82, 2.24) is 9.97 Å². The summed E-state index contributed by atoms with van der Waals surface area (Å²) in [6.07, 6.45) is 1.59. The van der Waals surface area contributed by atoms with Crippen molar-refractivity contribution in [1.29, 1.82) is 0 Å². The van der Waals surface area contributed by atoms with Gasteiger partial charge >= 0.3 is 5.76 Å². The van der Waals surface area contributed by atoms with Gasteiger partial charge in [0, 0.05) is 6.20 Å². The first-order valence-corrected chi connectivity index (χ1v) is 4.44. The van der Waals surface area contributed by atoms with Crippen LogP contribution in [0.15, 0.2) is 27.5 Å². The largest absolute Gasteiger partial charge is 0.440 e. The Morgan fingerprint density at radius 2 is 2.21 bits per heavy atom. The van der Waals surface area contributed by atoms with E-state index in [9.17, 15) is 4.79 Å². The van der Waals surface area contributed by atoms with E-state index in [2.05, 4.69) is 9.97 Å². The molecule has 2 rings (SSSR count). The molecule has 0 aliphatic carbocycles. The topological polar surface area (TPSA) is 56.0 Å². The van der Waals surface area contributed by atoms with Crippen LogP contribution in [0.5, 0.6) is 0 Å². The molecule has 2 heterocycles. The fourth-order valence-corrected chi connectivity index (χ4v) is 1.37. The average molecular weight is 190 g/mol. The van der Waals surface area contributed by atoms with Gasteiger partial charge in [0.15, 0.2) is 0 Å². The van der Waals surface area contributed by atoms with Crippen LogP contribution < -0.4 is 5.76 Å². The van der Waals surface area contributed by atoms with Crippen molar-refractivity contribution in [3.05, 3.63) is 34.6 Å². The molecule has 72 valence electrons. The van der Waals surface area contributed by atoms with E-state index in [0.717, 1.165) is 11.1 Å². The third-order valence-electron chi connectivity index (χ3n) is 1.99. The summed E-state index contributed by atoms with van der Waals surface area (Å²) >= 11 is 0. The van der Waals surface area contributed by atoms with Gasteiger partial charge in [-0.3, -0.25) is 0 Å². The third kappa shape index (κ3) is 1.39. The zero-order chi connectivity index (χ0) is 10.1. The van der Waals surface area contributed by atoms with Crippen molar-refractivity contribution in [2.24, 2.45) is 0 Å². The number of aromatic nitrogens is 2. The van der Waals surface area contributed by atoms with E-state index in [4.69, 9.17) is 4.42 Å². The van der Waals surface area contributed by atoms with Gasteiger partial charge in [-0.2, -0.15) is 4.98 Å². The summed E-state index contributed by atoms with van der Waals surface area (Å²) in [5, 5.41) is 0.808. The highest BCUT2D eigenvalue weighted by atomic mass is 16.4. The van der Waals surface area contributed by atoms with Crippen LogP contribution in [0.2, 0.25) is 0 Å². The fourth-order valence-electron chi connectivity index (χ4n) is 1.37. The lowest BCUT2D eigenvalue weighted by Gasteiger charge is -2.05. The summed E-state index contributed by atoms with van der Waals surface area (Å²) in [5.41, 5.74) is 1.10. The Bertz CT molecular complexity index is 517. The lowest BCUT2D eigenvalue weighted by molar-refractivity contribution is 0.513. The molecule has 0 aromatic carbocycles. The van der Waals surface area contributed by atoms with Gasteiger partial charge in [-0.15, -0.1) is 0 Å². The third-order valence-corrected chi connectivity index (χ3v) is 1.99. The van der Waals surface area contributed by atoms with Crippen LogP contribution in [0.4, 0.5) is 0 Å². The SMILES string of the molecule is CC(C)c1nc(=O)oc2ncccc12. The Kier molecular flexibility index (Phi) is 2.04. The molecule has 0 N–H and O–H groups in total. The average Bonchev–Trinajstić information content (AvgIpc) is 2.16. The summed E-state index contributed by atoms with van der Waals surface area (Å²) in [6.45, 7) is 3.96. The lowest BCUT2D eigenvalue weighted by atomic mass is 10.1. The number of hydrogen-bond acceptors (Lipinski definition) is 4. The summed E-state index contributed by atoms with van der Waals surface area (Å²) in [7, 11) is 0. The molecule has 0 saturated carbocycles. The molecule has 4 nitrogen and oxygen atoms in total. The van der Waals surface area contributed by atoms with E-state index < -0.39 is 5.76 Å². The molecule has 0 atom stereocenters. The summed E-state index contributed by atoms with van der Waals surface area (Å²) in [5.74, 6) is -0.397. The maximum atomic E-state index is 11.1. The van der Waals surface area contributed by atoms with E-state index >= 15 is 0 Å². The van der Waals surface area contributed by atoms with Gasteiger partial charge in [-0.25, -0.2) is 9.78 Å². The summed E-state index contributed by atoms with van der Waals surface area (Å²) < 4.78 is 4.87. The van der Waals surface area contributed by atoms with Crippen LogP contribution in [0.1, 0.15) is 25.5 Å². The van der Waals surface area contributed by atoms with Crippen LogP contribution in [-0.4, -0.2) is 9.97 Å². The second-order valence-corrected chi connectivity index (χ2v) is 3.38. The molecule has 0 saturated heterocycles. The van der Waals surface area contributed by atoms with Crippen molar-refractivity contribution < 1.29 is 4.42 Å². The van der Waals surface area contributed by atoms with E-state index in [0.29, 0.717) is 5.71 Å². The standard InChI is InChI=1S/C10H10N2O2/c1-6(2)8-7-4-3-5-11-9(7)14-10(13)12-8/h3-6H,1-2H3. The fraction of sp³-hybridized carbons (Fsp3) is 0.300. The predicted molar refractivity (Wildman–Crippen MR) is 52.2 cm³/mol. The Balaban J connectivity index is 2.87. The molecule has 0 unspecified atom stereocenters. The van der Waals surface area contributed by atoms with Gasteiger partial charge in [-0.1, -0.05) is 13.8 Å². The monoisotopic (exact) mass is 190 g/mol. The number of fused-ring (bicyclic) bond motifs is 1. The molecule has 14 heavy (non-hydrogen) atoms. The molecule has 2 aromatic rings. The normalized spacial score (nSPS) is 11.1. The Hall–Kier alpha value is -1.71. The van der Waals surface area contributed by atoms with Crippen molar-refractivity contribution >= 4 is 11.1 Å². The van der Waals surface area contributed by atoms with Crippen LogP contribution in [0.3, 0.4) is 0 Å². The Morgan fingerprint density at radius 3 is 2.93 bits per heavy atom. The highest BCUT2D eigenvalue weighted by Gasteiger charge is 2.10. The Labute approximate surface area is 80.6 Å². The first-order valence-electron chi connectivity index (χ1n) is 4.44. The Morgan fingerprint density at radius 1 is 1.43 bits per heavy atom. The van der Waals surface area contributed by atoms with Gasteiger partial charge in [0.05, 0.1) is 11.1 Å². The van der Waals surface area contributed by atoms with E-state index in [-0.39, 0.29) is 5.92 Å². The van der Waals surface area contributed by atoms with Gasteiger partial charge in [0.2, 0.25) is 5.71 Å². The summed E-state index contributed by atoms with van der Waals surface area (Å²) in [4.78, 5) is 18.9. The lowest BCUT2D eigenvalue weighted by Crippen LogP contribution is -2.09. The van der Waals surface area contributed by atoms with Crippen LogP contribution in [-0.2, 0) is 0 Å². The molecule has 0 aliphatic heterocycles. The zero-order valence-electron chi connectivity index (χ0n) is 8.02. The van der Waals surface area contributed by atoms with Gasteiger partial charge in [0.25, 0.3) is 0 Å². The predicted octanol–water partition coefficient (Wildman–Crippen LogP) is 1.71. The highest BCUT2D eigenvalue weighted by Crippen LogP contribution is 2.19. The van der Waals surface area contributed by atoms with Crippen molar-refractivity contribution in [2.45, 2.75) is 19.8 Å². The van der Waals surface area contributed by atoms with Crippen molar-refractivity contribution in [3.8, 4) is 0 Å². The first-order chi connectivity index (χ1) is 6.68. The van der Waals surface area contributed by atoms with E-state index in [1.807, 2.05) is 19.9 Å². The molecule has 0 fully saturated rings. The number of rotatable bonds is 1. The first kappa shape index (κ1) is 8.87. The van der Waals surface area contributed by atoms with E-state index in [1.54, 1.807) is 12.3 Å². The smallest absolute Gasteiger partial charge is 0.389 e. The molecule has 2 aromatic heterocycles.